The third-order valence-electron chi connectivity index (χ3n) is 1.11. The summed E-state index contributed by atoms with van der Waals surface area (Å²) in [7, 11) is 1.30. The van der Waals surface area contributed by atoms with Gasteiger partial charge in [-0.1, -0.05) is 5.16 Å². The number of ether oxygens (including phenoxy) is 1. The maximum absolute atomic E-state index is 10.6. The van der Waals surface area contributed by atoms with Gasteiger partial charge in [0.15, 0.2) is 5.82 Å². The van der Waals surface area contributed by atoms with Gasteiger partial charge in [0.1, 0.15) is 0 Å². The monoisotopic (exact) mass is 168 g/mol. The molecule has 0 fully saturated rings. The molecule has 0 bridgehead atoms. The van der Waals surface area contributed by atoms with Crippen molar-refractivity contribution in [3.63, 3.8) is 0 Å². The smallest absolute Gasteiger partial charge is 0.330 e. The highest BCUT2D eigenvalue weighted by atomic mass is 16.5. The van der Waals surface area contributed by atoms with Gasteiger partial charge in [-0.3, -0.25) is 0 Å². The molecule has 5 heteroatoms. The van der Waals surface area contributed by atoms with E-state index >= 15 is 0 Å². The quantitative estimate of drug-likeness (QED) is 0.477. The number of aromatic nitrogens is 2. The first-order valence-electron chi connectivity index (χ1n) is 3.28. The molecule has 1 heterocycles. The topological polar surface area (TPSA) is 65.2 Å². The third kappa shape index (κ3) is 2.19. The molecule has 5 nitrogen and oxygen atoms in total. The molecule has 0 saturated carbocycles. The van der Waals surface area contributed by atoms with E-state index in [4.69, 9.17) is 4.52 Å². The van der Waals surface area contributed by atoms with Crippen LogP contribution in [-0.4, -0.2) is 23.2 Å². The van der Waals surface area contributed by atoms with Crippen LogP contribution in [0, 0.1) is 6.92 Å². The lowest BCUT2D eigenvalue weighted by Gasteiger charge is -1.86. The van der Waals surface area contributed by atoms with Crippen LogP contribution in [0.4, 0.5) is 0 Å². The van der Waals surface area contributed by atoms with Crippen LogP contribution in [0.3, 0.4) is 0 Å². The van der Waals surface area contributed by atoms with Crippen LogP contribution in [0.2, 0.25) is 0 Å². The van der Waals surface area contributed by atoms with E-state index in [2.05, 4.69) is 14.9 Å². The van der Waals surface area contributed by atoms with Crippen LogP contribution < -0.4 is 0 Å². The van der Waals surface area contributed by atoms with E-state index in [1.807, 2.05) is 0 Å². The number of carbonyl (C=O) groups is 1. The van der Waals surface area contributed by atoms with Crippen molar-refractivity contribution >= 4 is 12.0 Å². The molecular formula is C7H8N2O3. The molecule has 12 heavy (non-hydrogen) atoms. The lowest BCUT2D eigenvalue weighted by molar-refractivity contribution is -0.134. The minimum absolute atomic E-state index is 0.290. The lowest BCUT2D eigenvalue weighted by Crippen LogP contribution is -1.93. The number of hydrogen-bond donors (Lipinski definition) is 0. The van der Waals surface area contributed by atoms with Gasteiger partial charge in [0.25, 0.3) is 5.89 Å². The van der Waals surface area contributed by atoms with Crippen molar-refractivity contribution in [2.45, 2.75) is 6.92 Å². The summed E-state index contributed by atoms with van der Waals surface area (Å²) in [5.74, 6) is 0.364. The van der Waals surface area contributed by atoms with Crippen molar-refractivity contribution in [2.24, 2.45) is 0 Å². The van der Waals surface area contributed by atoms with E-state index in [9.17, 15) is 4.79 Å². The Morgan fingerprint density at radius 2 is 2.42 bits per heavy atom. The normalized spacial score (nSPS) is 10.5. The molecule has 1 aromatic heterocycles. The number of carbonyl (C=O) groups excluding carboxylic acids is 1. The van der Waals surface area contributed by atoms with Gasteiger partial charge in [0.05, 0.1) is 7.11 Å². The molecular weight excluding hydrogens is 160 g/mol. The summed E-state index contributed by atoms with van der Waals surface area (Å²) >= 11 is 0. The summed E-state index contributed by atoms with van der Waals surface area (Å²) in [4.78, 5) is 14.4. The second kappa shape index (κ2) is 3.66. The molecule has 0 unspecified atom stereocenters. The van der Waals surface area contributed by atoms with Crippen LogP contribution in [0.15, 0.2) is 10.6 Å². The number of nitrogens with zero attached hydrogens (tertiary/aromatic N) is 2. The van der Waals surface area contributed by atoms with Gasteiger partial charge < -0.3 is 9.26 Å². The number of hydrogen-bond acceptors (Lipinski definition) is 5. The van der Waals surface area contributed by atoms with Crippen LogP contribution in [-0.2, 0) is 9.53 Å². The fourth-order valence-corrected chi connectivity index (χ4v) is 0.588. The van der Waals surface area contributed by atoms with E-state index < -0.39 is 5.97 Å². The maximum atomic E-state index is 10.6. The molecule has 64 valence electrons. The van der Waals surface area contributed by atoms with Crippen molar-refractivity contribution in [3.05, 3.63) is 17.8 Å². The largest absolute Gasteiger partial charge is 0.466 e. The van der Waals surface area contributed by atoms with Crippen LogP contribution >= 0.6 is 0 Å². The van der Waals surface area contributed by atoms with Gasteiger partial charge >= 0.3 is 5.97 Å². The van der Waals surface area contributed by atoms with Gasteiger partial charge in [0.2, 0.25) is 0 Å². The molecule has 1 aromatic rings. The van der Waals surface area contributed by atoms with Gasteiger partial charge in [-0.15, -0.1) is 0 Å². The molecule has 0 aliphatic carbocycles. The van der Waals surface area contributed by atoms with Gasteiger partial charge in [-0.05, 0) is 6.92 Å². The zero-order chi connectivity index (χ0) is 8.97. The third-order valence-corrected chi connectivity index (χ3v) is 1.11. The fourth-order valence-electron chi connectivity index (χ4n) is 0.588. The van der Waals surface area contributed by atoms with Gasteiger partial charge in [-0.25, -0.2) is 4.79 Å². The number of esters is 1. The van der Waals surface area contributed by atoms with Crippen LogP contribution in [0.5, 0.6) is 0 Å². The van der Waals surface area contributed by atoms with E-state index in [0.717, 1.165) is 0 Å². The zero-order valence-electron chi connectivity index (χ0n) is 6.77. The first kappa shape index (κ1) is 8.45. The van der Waals surface area contributed by atoms with Crippen molar-refractivity contribution in [3.8, 4) is 0 Å². The Labute approximate surface area is 69.0 Å². The molecule has 0 atom stereocenters. The Balaban J connectivity index is 2.63. The maximum Gasteiger partial charge on any atom is 0.330 e. The minimum Gasteiger partial charge on any atom is -0.466 e. The fraction of sp³-hybridized carbons (Fsp3) is 0.286. The first-order valence-corrected chi connectivity index (χ1v) is 3.28. The highest BCUT2D eigenvalue weighted by Gasteiger charge is 1.98. The highest BCUT2D eigenvalue weighted by Crippen LogP contribution is 1.97. The van der Waals surface area contributed by atoms with Gasteiger partial charge in [-0.2, -0.15) is 4.98 Å². The molecule has 0 N–H and O–H groups in total. The number of methoxy groups -OCH3 is 1. The summed E-state index contributed by atoms with van der Waals surface area (Å²) in [6.07, 6.45) is 2.61. The van der Waals surface area contributed by atoms with Crippen LogP contribution in [0.25, 0.3) is 6.08 Å². The lowest BCUT2D eigenvalue weighted by atomic mass is 10.5. The number of aryl methyl sites for hydroxylation is 1. The average Bonchev–Trinajstić information content (AvgIpc) is 2.47. The molecule has 0 amide bonds. The van der Waals surface area contributed by atoms with Gasteiger partial charge in [0, 0.05) is 12.2 Å². The highest BCUT2D eigenvalue weighted by molar-refractivity contribution is 5.86. The molecule has 0 saturated heterocycles. The predicted molar refractivity (Wildman–Crippen MR) is 40.1 cm³/mol. The predicted octanol–water partition coefficient (Wildman–Crippen LogP) is 0.564. The van der Waals surface area contributed by atoms with Crippen LogP contribution in [0.1, 0.15) is 11.7 Å². The molecule has 0 aliphatic heterocycles. The van der Waals surface area contributed by atoms with Crippen molar-refractivity contribution in [1.29, 1.82) is 0 Å². The van der Waals surface area contributed by atoms with E-state index in [1.54, 1.807) is 6.92 Å². The molecule has 0 spiro atoms. The SMILES string of the molecule is COC(=O)/C=C/c1nc(C)no1. The van der Waals surface area contributed by atoms with Crippen molar-refractivity contribution in [2.75, 3.05) is 7.11 Å². The minimum atomic E-state index is -0.453. The summed E-state index contributed by atoms with van der Waals surface area (Å²) < 4.78 is 9.07. The Morgan fingerprint density at radius 1 is 1.67 bits per heavy atom. The molecule has 0 radical (unpaired) electrons. The average molecular weight is 168 g/mol. The second-order valence-electron chi connectivity index (χ2n) is 2.04. The summed E-state index contributed by atoms with van der Waals surface area (Å²) in [6.45, 7) is 1.69. The number of rotatable bonds is 2. The van der Waals surface area contributed by atoms with Crippen molar-refractivity contribution < 1.29 is 14.1 Å². The summed E-state index contributed by atoms with van der Waals surface area (Å²) in [5, 5.41) is 3.53. The Bertz CT molecular complexity index is 303. The van der Waals surface area contributed by atoms with E-state index in [0.29, 0.717) is 5.82 Å². The first-order chi connectivity index (χ1) is 5.72. The summed E-state index contributed by atoms with van der Waals surface area (Å²) in [5.41, 5.74) is 0. The van der Waals surface area contributed by atoms with E-state index in [-0.39, 0.29) is 5.89 Å². The standard InChI is InChI=1S/C7H8N2O3/c1-5-8-6(12-9-5)3-4-7(10)11-2/h3-4H,1-2H3/b4-3+. The summed E-state index contributed by atoms with van der Waals surface area (Å²) in [6, 6.07) is 0. The second-order valence-corrected chi connectivity index (χ2v) is 2.04. The molecule has 1 rings (SSSR count). The van der Waals surface area contributed by atoms with E-state index in [1.165, 1.54) is 19.3 Å². The molecule has 0 aromatic carbocycles. The zero-order valence-corrected chi connectivity index (χ0v) is 6.77. The Hall–Kier alpha value is -1.65. The molecule has 0 aliphatic rings. The van der Waals surface area contributed by atoms with Crippen molar-refractivity contribution in [1.82, 2.24) is 10.1 Å². The Morgan fingerprint density at radius 3 is 2.92 bits per heavy atom. The Kier molecular flexibility index (Phi) is 2.57.